The molecule has 2 fully saturated rings. The minimum Gasteiger partial charge on any atom is -0.330 e. The summed E-state index contributed by atoms with van der Waals surface area (Å²) in [5.41, 5.74) is 5.63. The normalized spacial score (nSPS) is 36.4. The average Bonchev–Trinajstić information content (AvgIpc) is 2.76. The van der Waals surface area contributed by atoms with Gasteiger partial charge in [0.25, 0.3) is 0 Å². The summed E-state index contributed by atoms with van der Waals surface area (Å²) >= 11 is 0. The Morgan fingerprint density at radius 1 is 1.06 bits per heavy atom. The average molecular weight is 250 g/mol. The van der Waals surface area contributed by atoms with Crippen LogP contribution in [0, 0.1) is 11.8 Å². The minimum atomic E-state index is -3.99. The molecule has 2 aliphatic rings. The van der Waals surface area contributed by atoms with Gasteiger partial charge >= 0.3 is 6.18 Å². The maximum absolute atomic E-state index is 12.5. The molecule has 1 saturated heterocycles. The molecule has 100 valence electrons. The van der Waals surface area contributed by atoms with Crippen molar-refractivity contribution < 1.29 is 13.2 Å². The van der Waals surface area contributed by atoms with E-state index in [1.165, 1.54) is 0 Å². The molecular formula is C12H21F3N2. The molecule has 1 saturated carbocycles. The van der Waals surface area contributed by atoms with Gasteiger partial charge in [0.2, 0.25) is 0 Å². The van der Waals surface area contributed by atoms with Crippen LogP contribution in [0.25, 0.3) is 0 Å². The van der Waals surface area contributed by atoms with E-state index in [1.807, 2.05) is 0 Å². The van der Waals surface area contributed by atoms with Gasteiger partial charge in [-0.2, -0.15) is 13.2 Å². The molecule has 0 aromatic rings. The summed E-state index contributed by atoms with van der Waals surface area (Å²) in [7, 11) is 0. The summed E-state index contributed by atoms with van der Waals surface area (Å²) < 4.78 is 37.6. The van der Waals surface area contributed by atoms with Crippen molar-refractivity contribution in [1.29, 1.82) is 0 Å². The van der Waals surface area contributed by atoms with Crippen molar-refractivity contribution in [2.45, 2.75) is 44.3 Å². The number of hydrogen-bond acceptors (Lipinski definition) is 2. The second-order valence-corrected chi connectivity index (χ2v) is 5.43. The van der Waals surface area contributed by atoms with Crippen LogP contribution < -0.4 is 5.73 Å². The summed E-state index contributed by atoms with van der Waals surface area (Å²) in [5.74, 6) is -0.512. The smallest absolute Gasteiger partial charge is 0.330 e. The first-order chi connectivity index (χ1) is 8.00. The lowest BCUT2D eigenvalue weighted by Crippen LogP contribution is -2.39. The van der Waals surface area contributed by atoms with Gasteiger partial charge < -0.3 is 10.6 Å². The van der Waals surface area contributed by atoms with Crippen molar-refractivity contribution in [3.05, 3.63) is 0 Å². The van der Waals surface area contributed by atoms with Crippen molar-refractivity contribution >= 4 is 0 Å². The van der Waals surface area contributed by atoms with Crippen LogP contribution >= 0.6 is 0 Å². The standard InChI is InChI=1S/C12H21F3N2/c13-12(14,15)10-1-3-11(4-2-10)17-6-5-9(7-16)8-17/h9-11H,1-8,16H2. The summed E-state index contributed by atoms with van der Waals surface area (Å²) in [6, 6.07) is 0.366. The van der Waals surface area contributed by atoms with E-state index in [9.17, 15) is 13.2 Å². The van der Waals surface area contributed by atoms with Crippen LogP contribution in [-0.4, -0.2) is 36.8 Å². The van der Waals surface area contributed by atoms with Crippen LogP contribution in [0.5, 0.6) is 0 Å². The molecule has 1 aliphatic carbocycles. The number of alkyl halides is 3. The van der Waals surface area contributed by atoms with Crippen LogP contribution in [0.15, 0.2) is 0 Å². The Kier molecular flexibility index (Phi) is 3.98. The predicted molar refractivity (Wildman–Crippen MR) is 60.5 cm³/mol. The van der Waals surface area contributed by atoms with E-state index in [0.717, 1.165) is 19.5 Å². The van der Waals surface area contributed by atoms with E-state index < -0.39 is 12.1 Å². The van der Waals surface area contributed by atoms with Gasteiger partial charge in [0.05, 0.1) is 5.92 Å². The van der Waals surface area contributed by atoms with Crippen molar-refractivity contribution in [3.63, 3.8) is 0 Å². The largest absolute Gasteiger partial charge is 0.391 e. The predicted octanol–water partition coefficient (Wildman–Crippen LogP) is 2.39. The third-order valence-electron chi connectivity index (χ3n) is 4.33. The highest BCUT2D eigenvalue weighted by Gasteiger charge is 2.42. The molecule has 0 radical (unpaired) electrons. The number of likely N-dealkylation sites (tertiary alicyclic amines) is 1. The second-order valence-electron chi connectivity index (χ2n) is 5.43. The van der Waals surface area contributed by atoms with Crippen LogP contribution in [0.4, 0.5) is 13.2 Å². The Morgan fingerprint density at radius 2 is 1.71 bits per heavy atom. The molecule has 0 aromatic heterocycles. The lowest BCUT2D eigenvalue weighted by molar-refractivity contribution is -0.184. The van der Waals surface area contributed by atoms with Gasteiger partial charge in [-0.05, 0) is 51.1 Å². The molecule has 1 atom stereocenters. The van der Waals surface area contributed by atoms with Gasteiger partial charge in [0.1, 0.15) is 0 Å². The first-order valence-corrected chi connectivity index (χ1v) is 6.51. The molecule has 0 spiro atoms. The second kappa shape index (κ2) is 5.14. The van der Waals surface area contributed by atoms with Crippen molar-refractivity contribution in [2.24, 2.45) is 17.6 Å². The summed E-state index contributed by atoms with van der Waals surface area (Å²) in [6.45, 7) is 2.70. The number of halogens is 3. The molecule has 2 nitrogen and oxygen atoms in total. The molecule has 1 aliphatic heterocycles. The van der Waals surface area contributed by atoms with Crippen LogP contribution in [0.2, 0.25) is 0 Å². The quantitative estimate of drug-likeness (QED) is 0.815. The Bertz CT molecular complexity index is 247. The zero-order valence-electron chi connectivity index (χ0n) is 10.0. The number of rotatable bonds is 2. The van der Waals surface area contributed by atoms with E-state index >= 15 is 0 Å². The highest BCUT2D eigenvalue weighted by Crippen LogP contribution is 2.39. The first kappa shape index (κ1) is 13.1. The Morgan fingerprint density at radius 3 is 2.18 bits per heavy atom. The fraction of sp³-hybridized carbons (Fsp3) is 1.00. The summed E-state index contributed by atoms with van der Waals surface area (Å²) in [6.07, 6.45) is -0.885. The molecule has 2 rings (SSSR count). The van der Waals surface area contributed by atoms with Crippen LogP contribution in [0.1, 0.15) is 32.1 Å². The first-order valence-electron chi connectivity index (χ1n) is 6.51. The summed E-state index contributed by atoms with van der Waals surface area (Å²) in [5, 5.41) is 0. The monoisotopic (exact) mass is 250 g/mol. The molecule has 0 amide bonds. The maximum atomic E-state index is 12.5. The van der Waals surface area contributed by atoms with E-state index in [2.05, 4.69) is 4.90 Å². The summed E-state index contributed by atoms with van der Waals surface area (Å²) in [4.78, 5) is 2.35. The van der Waals surface area contributed by atoms with Gasteiger partial charge in [-0.1, -0.05) is 0 Å². The molecule has 2 N–H and O–H groups in total. The van der Waals surface area contributed by atoms with Gasteiger partial charge in [-0.3, -0.25) is 0 Å². The van der Waals surface area contributed by atoms with E-state index in [1.54, 1.807) is 0 Å². The van der Waals surface area contributed by atoms with E-state index in [-0.39, 0.29) is 0 Å². The highest BCUT2D eigenvalue weighted by atomic mass is 19.4. The molecule has 1 heterocycles. The molecule has 0 bridgehead atoms. The van der Waals surface area contributed by atoms with Gasteiger partial charge in [0.15, 0.2) is 0 Å². The van der Waals surface area contributed by atoms with E-state index in [0.29, 0.717) is 44.2 Å². The van der Waals surface area contributed by atoms with Crippen molar-refractivity contribution in [3.8, 4) is 0 Å². The molecular weight excluding hydrogens is 229 g/mol. The highest BCUT2D eigenvalue weighted by molar-refractivity contribution is 4.86. The SMILES string of the molecule is NCC1CCN(C2CCC(C(F)(F)F)CC2)C1. The fourth-order valence-corrected chi connectivity index (χ4v) is 3.15. The maximum Gasteiger partial charge on any atom is 0.391 e. The number of nitrogens with two attached hydrogens (primary N) is 1. The minimum absolute atomic E-state index is 0.304. The molecule has 1 unspecified atom stereocenters. The Balaban J connectivity index is 1.80. The molecule has 17 heavy (non-hydrogen) atoms. The topological polar surface area (TPSA) is 29.3 Å². The van der Waals surface area contributed by atoms with Crippen LogP contribution in [-0.2, 0) is 0 Å². The third kappa shape index (κ3) is 3.13. The molecule has 5 heteroatoms. The zero-order valence-corrected chi connectivity index (χ0v) is 10.0. The van der Waals surface area contributed by atoms with Gasteiger partial charge in [0, 0.05) is 12.6 Å². The van der Waals surface area contributed by atoms with Gasteiger partial charge in [-0.15, -0.1) is 0 Å². The van der Waals surface area contributed by atoms with E-state index in [4.69, 9.17) is 5.73 Å². The lowest BCUT2D eigenvalue weighted by Gasteiger charge is -2.35. The fourth-order valence-electron chi connectivity index (χ4n) is 3.15. The Hall–Kier alpha value is -0.290. The lowest BCUT2D eigenvalue weighted by atomic mass is 9.85. The molecule has 0 aromatic carbocycles. The van der Waals surface area contributed by atoms with Crippen LogP contribution in [0.3, 0.4) is 0 Å². The third-order valence-corrected chi connectivity index (χ3v) is 4.33. The zero-order chi connectivity index (χ0) is 12.5. The number of nitrogens with zero attached hydrogens (tertiary/aromatic N) is 1. The number of hydrogen-bond donors (Lipinski definition) is 1. The van der Waals surface area contributed by atoms with Gasteiger partial charge in [-0.25, -0.2) is 0 Å². The van der Waals surface area contributed by atoms with Crippen molar-refractivity contribution in [2.75, 3.05) is 19.6 Å². The van der Waals surface area contributed by atoms with Crippen molar-refractivity contribution in [1.82, 2.24) is 4.90 Å². The Labute approximate surface area is 100 Å².